The molecule has 1 aromatic heterocycles. The number of fused-ring (bicyclic) bond motifs is 1. The van der Waals surface area contributed by atoms with Crippen LogP contribution in [0.5, 0.6) is 0 Å². The number of hydrogen-bond donors (Lipinski definition) is 2. The van der Waals surface area contributed by atoms with Gasteiger partial charge in [0.2, 0.25) is 0 Å². The number of halogens is 2. The highest BCUT2D eigenvalue weighted by Gasteiger charge is 2.27. The number of rotatable bonds is 3. The van der Waals surface area contributed by atoms with Crippen molar-refractivity contribution in [2.45, 2.75) is 19.4 Å². The summed E-state index contributed by atoms with van der Waals surface area (Å²) in [5.74, 6) is 6.78. The Morgan fingerprint density at radius 1 is 1.12 bits per heavy atom. The Hall–Kier alpha value is -2.92. The molecule has 2 aromatic carbocycles. The molecular formula is C24H26ClFN6. The van der Waals surface area contributed by atoms with Crippen LogP contribution in [0, 0.1) is 17.7 Å². The number of nitrogens with two attached hydrogens (primary N) is 1. The van der Waals surface area contributed by atoms with Gasteiger partial charge in [-0.1, -0.05) is 23.4 Å². The van der Waals surface area contributed by atoms with E-state index < -0.39 is 5.82 Å². The summed E-state index contributed by atoms with van der Waals surface area (Å²) in [7, 11) is 2.14. The predicted octanol–water partition coefficient (Wildman–Crippen LogP) is 4.13. The second kappa shape index (κ2) is 8.91. The third-order valence-electron chi connectivity index (χ3n) is 5.79. The minimum atomic E-state index is -0.474. The van der Waals surface area contributed by atoms with Gasteiger partial charge in [0.25, 0.3) is 0 Å². The van der Waals surface area contributed by atoms with Crippen molar-refractivity contribution in [3.8, 4) is 11.8 Å². The van der Waals surface area contributed by atoms with Crippen LogP contribution >= 0.6 is 11.6 Å². The van der Waals surface area contributed by atoms with E-state index in [1.54, 1.807) is 12.1 Å². The van der Waals surface area contributed by atoms with Gasteiger partial charge in [0.05, 0.1) is 16.1 Å². The van der Waals surface area contributed by atoms with Crippen molar-refractivity contribution in [2.24, 2.45) is 0 Å². The van der Waals surface area contributed by atoms with Gasteiger partial charge in [-0.3, -0.25) is 4.90 Å². The Morgan fingerprint density at radius 2 is 1.88 bits per heavy atom. The molecule has 3 N–H and O–H groups in total. The number of aromatic nitrogens is 2. The number of benzene rings is 2. The van der Waals surface area contributed by atoms with E-state index in [1.807, 2.05) is 6.07 Å². The molecule has 0 saturated carbocycles. The van der Waals surface area contributed by atoms with E-state index in [1.165, 1.54) is 18.5 Å². The first-order chi connectivity index (χ1) is 15.2. The SMILES string of the molecule is CN1CCN(C(C)(C)C#Cc2cc3c(Nc4ccc(F)c(Cl)c4)ncnc3cc2N)CC1. The summed E-state index contributed by atoms with van der Waals surface area (Å²) in [5.41, 5.74) is 8.61. The number of piperazine rings is 1. The molecule has 1 saturated heterocycles. The lowest BCUT2D eigenvalue weighted by atomic mass is 10.0. The Labute approximate surface area is 192 Å². The van der Waals surface area contributed by atoms with Gasteiger partial charge in [-0.05, 0) is 51.2 Å². The molecule has 0 amide bonds. The molecule has 166 valence electrons. The third kappa shape index (κ3) is 4.78. The lowest BCUT2D eigenvalue weighted by molar-refractivity contribution is 0.0946. The second-order valence-electron chi connectivity index (χ2n) is 8.53. The van der Waals surface area contributed by atoms with Crippen molar-refractivity contribution < 1.29 is 4.39 Å². The number of likely N-dealkylation sites (N-methyl/N-ethyl adjacent to an activating group) is 1. The van der Waals surface area contributed by atoms with Crippen molar-refractivity contribution in [3.63, 3.8) is 0 Å². The summed E-state index contributed by atoms with van der Waals surface area (Å²) >= 11 is 5.91. The van der Waals surface area contributed by atoms with Gasteiger partial charge in [-0.15, -0.1) is 0 Å². The van der Waals surface area contributed by atoms with E-state index in [0.29, 0.717) is 22.7 Å². The number of nitrogens with zero attached hydrogens (tertiary/aromatic N) is 4. The summed E-state index contributed by atoms with van der Waals surface area (Å²) in [6, 6.07) is 8.12. The minimum absolute atomic E-state index is 0.0373. The van der Waals surface area contributed by atoms with E-state index in [0.717, 1.165) is 37.1 Å². The van der Waals surface area contributed by atoms with Crippen LogP contribution in [-0.2, 0) is 0 Å². The van der Waals surface area contributed by atoms with Crippen molar-refractivity contribution in [3.05, 3.63) is 53.1 Å². The highest BCUT2D eigenvalue weighted by atomic mass is 35.5. The molecule has 32 heavy (non-hydrogen) atoms. The molecule has 1 aliphatic heterocycles. The maximum atomic E-state index is 13.5. The maximum absolute atomic E-state index is 13.5. The van der Waals surface area contributed by atoms with Gasteiger partial charge in [0.1, 0.15) is 18.0 Å². The average molecular weight is 453 g/mol. The topological polar surface area (TPSA) is 70.3 Å². The third-order valence-corrected chi connectivity index (χ3v) is 6.08. The predicted molar refractivity (Wildman–Crippen MR) is 129 cm³/mol. The Kier molecular flexibility index (Phi) is 6.20. The Balaban J connectivity index is 1.66. The van der Waals surface area contributed by atoms with Crippen LogP contribution in [-0.4, -0.2) is 58.5 Å². The molecule has 0 spiro atoms. The number of nitrogens with one attached hydrogen (secondary N) is 1. The van der Waals surface area contributed by atoms with Crippen LogP contribution in [0.2, 0.25) is 5.02 Å². The summed E-state index contributed by atoms with van der Waals surface area (Å²) in [4.78, 5) is 13.4. The molecule has 8 heteroatoms. The van der Waals surface area contributed by atoms with E-state index in [9.17, 15) is 4.39 Å². The molecule has 0 bridgehead atoms. The number of nitrogen functional groups attached to an aromatic ring is 1. The average Bonchev–Trinajstić information content (AvgIpc) is 2.75. The summed E-state index contributed by atoms with van der Waals surface area (Å²) in [5, 5.41) is 3.99. The lowest BCUT2D eigenvalue weighted by Crippen LogP contribution is -2.53. The highest BCUT2D eigenvalue weighted by Crippen LogP contribution is 2.28. The molecule has 2 heterocycles. The molecule has 0 aliphatic carbocycles. The Morgan fingerprint density at radius 3 is 2.59 bits per heavy atom. The van der Waals surface area contributed by atoms with Crippen LogP contribution < -0.4 is 11.1 Å². The Bertz CT molecular complexity index is 1210. The van der Waals surface area contributed by atoms with Crippen molar-refractivity contribution >= 4 is 39.7 Å². The lowest BCUT2D eigenvalue weighted by Gasteiger charge is -2.40. The molecule has 1 fully saturated rings. The fourth-order valence-electron chi connectivity index (χ4n) is 3.70. The number of anilines is 3. The molecule has 0 radical (unpaired) electrons. The van der Waals surface area contributed by atoms with Crippen LogP contribution in [0.3, 0.4) is 0 Å². The standard InChI is InChI=1S/C24H26ClFN6/c1-24(2,32-10-8-31(3)9-11-32)7-6-16-12-18-22(14-21(16)27)28-15-29-23(18)30-17-4-5-20(26)19(25)13-17/h4-5,12-15H,8-11,27H2,1-3H3,(H,28,29,30). The van der Waals surface area contributed by atoms with Gasteiger partial charge in [0.15, 0.2) is 0 Å². The van der Waals surface area contributed by atoms with E-state index in [-0.39, 0.29) is 10.6 Å². The molecule has 0 unspecified atom stereocenters. The zero-order chi connectivity index (χ0) is 22.9. The van der Waals surface area contributed by atoms with Gasteiger partial charge in [0, 0.05) is 48.5 Å². The van der Waals surface area contributed by atoms with Gasteiger partial charge in [-0.25, -0.2) is 14.4 Å². The fourth-order valence-corrected chi connectivity index (χ4v) is 3.88. The van der Waals surface area contributed by atoms with Crippen LogP contribution in [0.25, 0.3) is 10.9 Å². The monoisotopic (exact) mass is 452 g/mol. The van der Waals surface area contributed by atoms with Crippen LogP contribution in [0.15, 0.2) is 36.7 Å². The molecule has 0 atom stereocenters. The zero-order valence-electron chi connectivity index (χ0n) is 18.4. The molecule has 6 nitrogen and oxygen atoms in total. The largest absolute Gasteiger partial charge is 0.398 e. The van der Waals surface area contributed by atoms with Crippen LogP contribution in [0.1, 0.15) is 19.4 Å². The maximum Gasteiger partial charge on any atom is 0.141 e. The smallest absolute Gasteiger partial charge is 0.141 e. The molecular weight excluding hydrogens is 427 g/mol. The van der Waals surface area contributed by atoms with Gasteiger partial charge < -0.3 is 16.0 Å². The summed E-state index contributed by atoms with van der Waals surface area (Å²) < 4.78 is 13.5. The van der Waals surface area contributed by atoms with E-state index in [2.05, 4.69) is 57.8 Å². The quantitative estimate of drug-likeness (QED) is 0.460. The van der Waals surface area contributed by atoms with Crippen molar-refractivity contribution in [2.75, 3.05) is 44.3 Å². The van der Waals surface area contributed by atoms with Crippen molar-refractivity contribution in [1.82, 2.24) is 19.8 Å². The van der Waals surface area contributed by atoms with Gasteiger partial charge in [-0.2, -0.15) is 0 Å². The van der Waals surface area contributed by atoms with E-state index in [4.69, 9.17) is 17.3 Å². The van der Waals surface area contributed by atoms with Crippen LogP contribution in [0.4, 0.5) is 21.6 Å². The molecule has 4 rings (SSSR count). The fraction of sp³-hybridized carbons (Fsp3) is 0.333. The first-order valence-electron chi connectivity index (χ1n) is 10.5. The van der Waals surface area contributed by atoms with Crippen molar-refractivity contribution in [1.29, 1.82) is 0 Å². The summed E-state index contributed by atoms with van der Waals surface area (Å²) in [6.07, 6.45) is 1.46. The second-order valence-corrected chi connectivity index (χ2v) is 8.94. The minimum Gasteiger partial charge on any atom is -0.398 e. The molecule has 3 aromatic rings. The highest BCUT2D eigenvalue weighted by molar-refractivity contribution is 6.31. The first kappa shape index (κ1) is 22.3. The molecule has 1 aliphatic rings. The summed E-state index contributed by atoms with van der Waals surface area (Å²) in [6.45, 7) is 8.29. The first-order valence-corrected chi connectivity index (χ1v) is 10.8. The normalized spacial score (nSPS) is 15.4. The van der Waals surface area contributed by atoms with Gasteiger partial charge >= 0.3 is 0 Å². The number of hydrogen-bond acceptors (Lipinski definition) is 6. The zero-order valence-corrected chi connectivity index (χ0v) is 19.2. The van der Waals surface area contributed by atoms with E-state index >= 15 is 0 Å².